The molecule has 0 spiro atoms. The molecule has 1 N–H and O–H groups in total. The highest BCUT2D eigenvalue weighted by molar-refractivity contribution is 5.98. The van der Waals surface area contributed by atoms with Crippen LogP contribution < -0.4 is 10.2 Å². The summed E-state index contributed by atoms with van der Waals surface area (Å²) < 4.78 is 42.7. The Balaban J connectivity index is 1.57. The second-order valence-corrected chi connectivity index (χ2v) is 6.27. The summed E-state index contributed by atoms with van der Waals surface area (Å²) in [5.74, 6) is -0.814. The number of aromatic nitrogens is 1. The van der Waals surface area contributed by atoms with Gasteiger partial charge < -0.3 is 15.0 Å². The van der Waals surface area contributed by atoms with E-state index in [-0.39, 0.29) is 11.3 Å². The summed E-state index contributed by atoms with van der Waals surface area (Å²) in [6, 6.07) is 7.18. The van der Waals surface area contributed by atoms with Crippen LogP contribution in [0, 0.1) is 0 Å². The van der Waals surface area contributed by atoms with Crippen molar-refractivity contribution in [3.63, 3.8) is 0 Å². The number of anilines is 2. The molecule has 0 atom stereocenters. The van der Waals surface area contributed by atoms with Gasteiger partial charge in [-0.3, -0.25) is 4.79 Å². The van der Waals surface area contributed by atoms with Gasteiger partial charge in [-0.1, -0.05) is 0 Å². The van der Waals surface area contributed by atoms with Crippen molar-refractivity contribution in [3.05, 3.63) is 53.7 Å². The lowest BCUT2D eigenvalue weighted by molar-refractivity contribution is -0.137. The molecule has 0 radical (unpaired) electrons. The molecule has 1 amide bonds. The van der Waals surface area contributed by atoms with Crippen molar-refractivity contribution in [2.24, 2.45) is 0 Å². The Morgan fingerprint density at radius 2 is 1.79 bits per heavy atom. The van der Waals surface area contributed by atoms with Gasteiger partial charge in [-0.25, -0.2) is 9.78 Å². The third-order valence-corrected chi connectivity index (χ3v) is 4.24. The first kappa shape index (κ1) is 19.7. The Morgan fingerprint density at radius 1 is 1.11 bits per heavy atom. The number of alkyl halides is 3. The summed E-state index contributed by atoms with van der Waals surface area (Å²) in [5, 5.41) is 2.39. The minimum Gasteiger partial charge on any atom is -0.452 e. The molecule has 2 aromatic rings. The molecule has 0 aliphatic carbocycles. The lowest BCUT2D eigenvalue weighted by Crippen LogP contribution is -2.25. The molecule has 28 heavy (non-hydrogen) atoms. The zero-order valence-corrected chi connectivity index (χ0v) is 14.8. The van der Waals surface area contributed by atoms with Crippen LogP contribution in [0.3, 0.4) is 0 Å². The number of rotatable bonds is 5. The summed E-state index contributed by atoms with van der Waals surface area (Å²) in [5.41, 5.74) is -0.372. The molecule has 1 aliphatic rings. The van der Waals surface area contributed by atoms with Gasteiger partial charge in [0.15, 0.2) is 6.61 Å². The Labute approximate surface area is 159 Å². The van der Waals surface area contributed by atoms with Crippen LogP contribution in [0.4, 0.5) is 24.7 Å². The Hall–Kier alpha value is -3.10. The van der Waals surface area contributed by atoms with Crippen LogP contribution in [-0.2, 0) is 15.7 Å². The smallest absolute Gasteiger partial charge is 0.416 e. The molecule has 1 aromatic carbocycles. The average molecular weight is 393 g/mol. The van der Waals surface area contributed by atoms with E-state index in [2.05, 4.69) is 10.3 Å². The van der Waals surface area contributed by atoms with E-state index in [1.165, 1.54) is 0 Å². The van der Waals surface area contributed by atoms with Crippen LogP contribution in [0.2, 0.25) is 0 Å². The maximum atomic E-state index is 12.5. The summed E-state index contributed by atoms with van der Waals surface area (Å²) in [7, 11) is 0. The van der Waals surface area contributed by atoms with Gasteiger partial charge in [0.05, 0.1) is 5.56 Å². The number of nitrogens with zero attached hydrogens (tertiary/aromatic N) is 2. The Morgan fingerprint density at radius 3 is 2.43 bits per heavy atom. The molecule has 1 aromatic heterocycles. The van der Waals surface area contributed by atoms with E-state index in [1.807, 2.05) is 4.90 Å². The zero-order chi connectivity index (χ0) is 20.1. The van der Waals surface area contributed by atoms with Crippen LogP contribution in [-0.4, -0.2) is 36.6 Å². The fourth-order valence-corrected chi connectivity index (χ4v) is 2.89. The summed E-state index contributed by atoms with van der Waals surface area (Å²) in [4.78, 5) is 30.5. The van der Waals surface area contributed by atoms with E-state index in [9.17, 15) is 22.8 Å². The number of hydrogen-bond acceptors (Lipinski definition) is 5. The van der Waals surface area contributed by atoms with Crippen molar-refractivity contribution >= 4 is 23.4 Å². The molecule has 0 unspecified atom stereocenters. The number of esters is 1. The molecular weight excluding hydrogens is 375 g/mol. The number of ether oxygens (including phenoxy) is 1. The molecule has 148 valence electrons. The van der Waals surface area contributed by atoms with E-state index in [0.717, 1.165) is 50.2 Å². The largest absolute Gasteiger partial charge is 0.452 e. The van der Waals surface area contributed by atoms with Crippen molar-refractivity contribution in [2.75, 3.05) is 29.9 Å². The quantitative estimate of drug-likeness (QED) is 0.788. The maximum Gasteiger partial charge on any atom is 0.416 e. The van der Waals surface area contributed by atoms with Crippen molar-refractivity contribution in [2.45, 2.75) is 19.0 Å². The van der Waals surface area contributed by atoms with Gasteiger partial charge in [0.2, 0.25) is 0 Å². The van der Waals surface area contributed by atoms with Gasteiger partial charge >= 0.3 is 12.1 Å². The molecule has 2 heterocycles. The van der Waals surface area contributed by atoms with Crippen molar-refractivity contribution in [1.29, 1.82) is 0 Å². The van der Waals surface area contributed by atoms with Gasteiger partial charge in [-0.05, 0) is 49.2 Å². The first-order chi connectivity index (χ1) is 13.3. The Kier molecular flexibility index (Phi) is 5.81. The van der Waals surface area contributed by atoms with Crippen LogP contribution >= 0.6 is 0 Å². The lowest BCUT2D eigenvalue weighted by atomic mass is 10.2. The van der Waals surface area contributed by atoms with Crippen molar-refractivity contribution < 1.29 is 27.5 Å². The third-order valence-electron chi connectivity index (χ3n) is 4.24. The van der Waals surface area contributed by atoms with Gasteiger partial charge in [0.25, 0.3) is 5.91 Å². The molecule has 1 aliphatic heterocycles. The molecule has 1 fully saturated rings. The number of benzene rings is 1. The van der Waals surface area contributed by atoms with Crippen LogP contribution in [0.1, 0.15) is 28.8 Å². The van der Waals surface area contributed by atoms with Crippen molar-refractivity contribution in [1.82, 2.24) is 4.98 Å². The molecule has 0 saturated carbocycles. The predicted octanol–water partition coefficient (Wildman–Crippen LogP) is 3.50. The topological polar surface area (TPSA) is 71.5 Å². The monoisotopic (exact) mass is 393 g/mol. The number of hydrogen-bond donors (Lipinski definition) is 1. The van der Waals surface area contributed by atoms with E-state index < -0.39 is 30.2 Å². The number of carbonyl (C=O) groups excluding carboxylic acids is 2. The molecule has 9 heteroatoms. The van der Waals surface area contributed by atoms with Crippen LogP contribution in [0.25, 0.3) is 0 Å². The SMILES string of the molecule is O=C(COC(=O)c1cccnc1N1CCCC1)Nc1ccc(C(F)(F)F)cc1. The normalized spacial score (nSPS) is 14.0. The molecular formula is C19H18F3N3O3. The number of halogens is 3. The summed E-state index contributed by atoms with van der Waals surface area (Å²) in [6.07, 6.45) is -0.836. The number of nitrogens with one attached hydrogen (secondary N) is 1. The minimum absolute atomic E-state index is 0.174. The van der Waals surface area contributed by atoms with Gasteiger partial charge in [-0.2, -0.15) is 13.2 Å². The number of carbonyl (C=O) groups is 2. The van der Waals surface area contributed by atoms with E-state index in [1.54, 1.807) is 18.3 Å². The lowest BCUT2D eigenvalue weighted by Gasteiger charge is -2.18. The molecule has 0 bridgehead atoms. The second kappa shape index (κ2) is 8.28. The maximum absolute atomic E-state index is 12.5. The first-order valence-electron chi connectivity index (χ1n) is 8.69. The van der Waals surface area contributed by atoms with E-state index in [0.29, 0.717) is 5.82 Å². The second-order valence-electron chi connectivity index (χ2n) is 6.27. The number of pyridine rings is 1. The van der Waals surface area contributed by atoms with Gasteiger partial charge in [0, 0.05) is 25.0 Å². The highest BCUT2D eigenvalue weighted by Crippen LogP contribution is 2.29. The molecule has 6 nitrogen and oxygen atoms in total. The third kappa shape index (κ3) is 4.79. The van der Waals surface area contributed by atoms with Crippen LogP contribution in [0.15, 0.2) is 42.6 Å². The Bertz CT molecular complexity index is 847. The standard InChI is InChI=1S/C19H18F3N3O3/c20-19(21,22)13-5-7-14(8-6-13)24-16(26)12-28-18(27)15-4-3-9-23-17(15)25-10-1-2-11-25/h3-9H,1-2,10-12H2,(H,24,26). The summed E-state index contributed by atoms with van der Waals surface area (Å²) in [6.45, 7) is 1.03. The fraction of sp³-hybridized carbons (Fsp3) is 0.316. The van der Waals surface area contributed by atoms with E-state index >= 15 is 0 Å². The summed E-state index contributed by atoms with van der Waals surface area (Å²) >= 11 is 0. The highest BCUT2D eigenvalue weighted by atomic mass is 19.4. The fourth-order valence-electron chi connectivity index (χ4n) is 2.89. The van der Waals surface area contributed by atoms with Gasteiger partial charge in [-0.15, -0.1) is 0 Å². The van der Waals surface area contributed by atoms with Crippen molar-refractivity contribution in [3.8, 4) is 0 Å². The van der Waals surface area contributed by atoms with E-state index in [4.69, 9.17) is 4.74 Å². The first-order valence-corrected chi connectivity index (χ1v) is 8.69. The van der Waals surface area contributed by atoms with Crippen LogP contribution in [0.5, 0.6) is 0 Å². The number of amides is 1. The minimum atomic E-state index is -4.45. The zero-order valence-electron chi connectivity index (χ0n) is 14.8. The predicted molar refractivity (Wildman–Crippen MR) is 96.0 cm³/mol. The van der Waals surface area contributed by atoms with Gasteiger partial charge in [0.1, 0.15) is 11.4 Å². The molecule has 1 saturated heterocycles. The molecule has 3 rings (SSSR count). The highest BCUT2D eigenvalue weighted by Gasteiger charge is 2.30. The average Bonchev–Trinajstić information content (AvgIpc) is 3.20.